The van der Waals surface area contributed by atoms with Crippen molar-refractivity contribution in [2.45, 2.75) is 26.3 Å². The van der Waals surface area contributed by atoms with Crippen LogP contribution in [0.3, 0.4) is 0 Å². The van der Waals surface area contributed by atoms with Crippen molar-refractivity contribution in [3.05, 3.63) is 28.7 Å². The second kappa shape index (κ2) is 9.60. The molecule has 3 atom stereocenters. The minimum atomic E-state index is -2.46. The fourth-order valence-electron chi connectivity index (χ4n) is 1.80. The van der Waals surface area contributed by atoms with Crippen molar-refractivity contribution in [2.75, 3.05) is 11.6 Å². The number of carbonyl (C=O) groups is 2. The molecular formula is C14H20BrN3O4P+. The van der Waals surface area contributed by atoms with Gasteiger partial charge in [0.25, 0.3) is 0 Å². The van der Waals surface area contributed by atoms with Crippen LogP contribution in [0, 0.1) is 5.92 Å². The molecule has 126 valence electrons. The molecule has 0 radical (unpaired) electrons. The van der Waals surface area contributed by atoms with E-state index in [9.17, 15) is 14.2 Å². The second-order valence-electron chi connectivity index (χ2n) is 5.02. The summed E-state index contributed by atoms with van der Waals surface area (Å²) in [5.74, 6) is -0.607. The van der Waals surface area contributed by atoms with Crippen LogP contribution in [-0.4, -0.2) is 29.2 Å². The highest BCUT2D eigenvalue weighted by atomic mass is 79.9. The number of nitrogens with one attached hydrogen (secondary N) is 3. The Bertz CT molecular complexity index is 568. The van der Waals surface area contributed by atoms with E-state index in [0.717, 1.165) is 4.47 Å². The number of halogens is 1. The van der Waals surface area contributed by atoms with E-state index in [4.69, 9.17) is 4.89 Å². The lowest BCUT2D eigenvalue weighted by Gasteiger charge is -2.22. The maximum absolute atomic E-state index is 12.1. The predicted octanol–water partition coefficient (Wildman–Crippen LogP) is 2.79. The first-order valence-electron chi connectivity index (χ1n) is 7.07. The molecule has 0 saturated heterocycles. The quantitative estimate of drug-likeness (QED) is 0.524. The SMILES string of the molecule is CC[C@H](C)[C@H](NC(=O)Nc1ccc(Br)cc1)C(=O)NC[P+](=O)O. The van der Waals surface area contributed by atoms with Crippen molar-refractivity contribution < 1.29 is 19.0 Å². The summed E-state index contributed by atoms with van der Waals surface area (Å²) in [4.78, 5) is 32.9. The van der Waals surface area contributed by atoms with Gasteiger partial charge >= 0.3 is 14.1 Å². The Kier molecular flexibility index (Phi) is 8.16. The highest BCUT2D eigenvalue weighted by Gasteiger charge is 2.27. The molecule has 0 fully saturated rings. The van der Waals surface area contributed by atoms with Crippen LogP contribution in [0.4, 0.5) is 10.5 Å². The van der Waals surface area contributed by atoms with Crippen LogP contribution in [0.2, 0.25) is 0 Å². The number of urea groups is 1. The monoisotopic (exact) mass is 404 g/mol. The van der Waals surface area contributed by atoms with E-state index in [1.54, 1.807) is 24.3 Å². The van der Waals surface area contributed by atoms with E-state index in [-0.39, 0.29) is 12.2 Å². The van der Waals surface area contributed by atoms with Crippen molar-refractivity contribution in [3.8, 4) is 0 Å². The molecule has 0 saturated carbocycles. The van der Waals surface area contributed by atoms with Gasteiger partial charge in [-0.2, -0.15) is 4.89 Å². The molecule has 1 aromatic rings. The van der Waals surface area contributed by atoms with Gasteiger partial charge in [0.05, 0.1) is 0 Å². The molecule has 4 N–H and O–H groups in total. The van der Waals surface area contributed by atoms with Gasteiger partial charge in [-0.25, -0.2) is 4.79 Å². The molecule has 0 aliphatic carbocycles. The van der Waals surface area contributed by atoms with Crippen molar-refractivity contribution in [1.82, 2.24) is 10.6 Å². The van der Waals surface area contributed by atoms with Gasteiger partial charge in [-0.1, -0.05) is 36.2 Å². The Morgan fingerprint density at radius 2 is 1.91 bits per heavy atom. The molecule has 9 heteroatoms. The molecule has 0 aliphatic rings. The molecule has 1 unspecified atom stereocenters. The normalized spacial score (nSPS) is 13.7. The summed E-state index contributed by atoms with van der Waals surface area (Å²) in [7, 11) is -2.46. The second-order valence-corrected chi connectivity index (χ2v) is 6.96. The zero-order valence-electron chi connectivity index (χ0n) is 12.9. The molecule has 1 aromatic carbocycles. The molecule has 0 spiro atoms. The fraction of sp³-hybridized carbons (Fsp3) is 0.429. The lowest BCUT2D eigenvalue weighted by Crippen LogP contribution is -2.51. The zero-order chi connectivity index (χ0) is 17.4. The lowest BCUT2D eigenvalue weighted by molar-refractivity contribution is -0.123. The number of amides is 3. The van der Waals surface area contributed by atoms with Crippen LogP contribution in [0.25, 0.3) is 0 Å². The molecule has 3 amide bonds. The highest BCUT2D eigenvalue weighted by molar-refractivity contribution is 9.10. The third kappa shape index (κ3) is 7.07. The topological polar surface area (TPSA) is 108 Å². The van der Waals surface area contributed by atoms with Gasteiger partial charge in [0, 0.05) is 10.2 Å². The minimum absolute atomic E-state index is 0.123. The molecule has 23 heavy (non-hydrogen) atoms. The van der Waals surface area contributed by atoms with Crippen LogP contribution in [0.5, 0.6) is 0 Å². The van der Waals surface area contributed by atoms with Gasteiger partial charge in [-0.15, -0.1) is 0 Å². The van der Waals surface area contributed by atoms with E-state index in [1.807, 2.05) is 13.8 Å². The summed E-state index contributed by atoms with van der Waals surface area (Å²) < 4.78 is 11.6. The van der Waals surface area contributed by atoms with Gasteiger partial charge < -0.3 is 16.0 Å². The largest absolute Gasteiger partial charge is 0.527 e. The van der Waals surface area contributed by atoms with Crippen LogP contribution in [0.15, 0.2) is 28.7 Å². The molecule has 0 aromatic heterocycles. The highest BCUT2D eigenvalue weighted by Crippen LogP contribution is 2.15. The standard InChI is InChI=1S/C14H19BrN3O4P/c1-3-9(2)12(13(19)16-8-23(21)22)18-14(20)17-11-6-4-10(15)5-7-11/h4-7,9,12H,3,8H2,1-2H3,(H3-,16,17,18,19,20,21,22)/p+1/t9-,12-/m0/s1. The number of anilines is 1. The maximum atomic E-state index is 12.1. The molecule has 0 heterocycles. The Labute approximate surface area is 144 Å². The summed E-state index contributed by atoms with van der Waals surface area (Å²) in [5.41, 5.74) is 0.590. The summed E-state index contributed by atoms with van der Waals surface area (Å²) in [6.45, 7) is 3.72. The smallest absolute Gasteiger partial charge is 0.326 e. The lowest BCUT2D eigenvalue weighted by atomic mass is 9.98. The maximum Gasteiger partial charge on any atom is 0.527 e. The first kappa shape index (κ1) is 19.5. The molecule has 7 nitrogen and oxygen atoms in total. The third-order valence-electron chi connectivity index (χ3n) is 3.27. The average molecular weight is 405 g/mol. The average Bonchev–Trinajstić information content (AvgIpc) is 2.51. The van der Waals surface area contributed by atoms with Crippen molar-refractivity contribution in [1.29, 1.82) is 0 Å². The van der Waals surface area contributed by atoms with Crippen LogP contribution < -0.4 is 16.0 Å². The minimum Gasteiger partial charge on any atom is -0.326 e. The number of hydrogen-bond donors (Lipinski definition) is 4. The number of benzene rings is 1. The van der Waals surface area contributed by atoms with Gasteiger partial charge in [0.15, 0.2) is 0 Å². The molecule has 0 aliphatic heterocycles. The van der Waals surface area contributed by atoms with E-state index >= 15 is 0 Å². The van der Waals surface area contributed by atoms with Crippen molar-refractivity contribution in [3.63, 3.8) is 0 Å². The Morgan fingerprint density at radius 1 is 1.30 bits per heavy atom. The molecular weight excluding hydrogens is 385 g/mol. The summed E-state index contributed by atoms with van der Waals surface area (Å²) >= 11 is 3.30. The first-order chi connectivity index (χ1) is 10.8. The van der Waals surface area contributed by atoms with Gasteiger partial charge in [-0.05, 0) is 34.7 Å². The summed E-state index contributed by atoms with van der Waals surface area (Å²) in [6, 6.07) is 5.71. The summed E-state index contributed by atoms with van der Waals surface area (Å²) in [5, 5.41) is 7.60. The Balaban J connectivity index is 2.68. The summed E-state index contributed by atoms with van der Waals surface area (Å²) in [6.07, 6.45) is 0.332. The van der Waals surface area contributed by atoms with Gasteiger partial charge in [0.2, 0.25) is 12.2 Å². The van der Waals surface area contributed by atoms with E-state index < -0.39 is 26.0 Å². The van der Waals surface area contributed by atoms with Crippen LogP contribution in [0.1, 0.15) is 20.3 Å². The van der Waals surface area contributed by atoms with E-state index in [1.165, 1.54) is 0 Å². The van der Waals surface area contributed by atoms with Gasteiger partial charge in [0.1, 0.15) is 6.04 Å². The Hall–Kier alpha value is -1.50. The fourth-order valence-corrected chi connectivity index (χ4v) is 2.35. The third-order valence-corrected chi connectivity index (χ3v) is 4.23. The van der Waals surface area contributed by atoms with Crippen molar-refractivity contribution in [2.24, 2.45) is 5.92 Å². The van der Waals surface area contributed by atoms with Gasteiger partial charge in [-0.3, -0.25) is 4.79 Å². The number of hydrogen-bond acceptors (Lipinski definition) is 3. The van der Waals surface area contributed by atoms with Crippen LogP contribution in [-0.2, 0) is 9.36 Å². The molecule has 0 bridgehead atoms. The van der Waals surface area contributed by atoms with Crippen molar-refractivity contribution >= 4 is 41.6 Å². The predicted molar refractivity (Wildman–Crippen MR) is 92.4 cm³/mol. The van der Waals surface area contributed by atoms with E-state index in [0.29, 0.717) is 12.1 Å². The van der Waals surface area contributed by atoms with E-state index in [2.05, 4.69) is 31.9 Å². The Morgan fingerprint density at radius 3 is 2.43 bits per heavy atom. The number of rotatable bonds is 7. The molecule has 1 rings (SSSR count). The van der Waals surface area contributed by atoms with Crippen LogP contribution >= 0.6 is 24.0 Å². The number of carbonyl (C=O) groups excluding carboxylic acids is 2. The first-order valence-corrected chi connectivity index (χ1v) is 9.26. The zero-order valence-corrected chi connectivity index (χ0v) is 15.4.